The number of amides is 1. The number of hydrogen-bond donors (Lipinski definition) is 2. The van der Waals surface area contributed by atoms with Crippen molar-refractivity contribution in [1.29, 1.82) is 0 Å². The largest absolute Gasteiger partial charge is 0.494 e. The second kappa shape index (κ2) is 6.62. The van der Waals surface area contributed by atoms with Gasteiger partial charge in [0.05, 0.1) is 17.2 Å². The van der Waals surface area contributed by atoms with Gasteiger partial charge in [-0.1, -0.05) is 6.92 Å². The molecule has 0 saturated carbocycles. The predicted molar refractivity (Wildman–Crippen MR) is 95.5 cm³/mol. The highest BCUT2D eigenvalue weighted by molar-refractivity contribution is 7.16. The van der Waals surface area contributed by atoms with Crippen molar-refractivity contribution in [2.24, 2.45) is 5.92 Å². The molecule has 5 heteroatoms. The van der Waals surface area contributed by atoms with Gasteiger partial charge in [0.15, 0.2) is 0 Å². The SMILES string of the molecule is CCOc1ccc(NC(=O)c2c(N)sc3c2CCC(C)C3)cc1. The van der Waals surface area contributed by atoms with Crippen LogP contribution in [0.5, 0.6) is 5.75 Å². The lowest BCUT2D eigenvalue weighted by Gasteiger charge is -2.18. The van der Waals surface area contributed by atoms with Crippen LogP contribution in [-0.4, -0.2) is 12.5 Å². The van der Waals surface area contributed by atoms with Gasteiger partial charge in [-0.15, -0.1) is 11.3 Å². The number of carbonyl (C=O) groups excluding carboxylic acids is 1. The molecule has 1 aromatic heterocycles. The van der Waals surface area contributed by atoms with Crippen molar-refractivity contribution in [1.82, 2.24) is 0 Å². The van der Waals surface area contributed by atoms with Crippen molar-refractivity contribution in [3.8, 4) is 5.75 Å². The van der Waals surface area contributed by atoms with E-state index in [2.05, 4.69) is 12.2 Å². The van der Waals surface area contributed by atoms with E-state index in [9.17, 15) is 4.79 Å². The van der Waals surface area contributed by atoms with Gasteiger partial charge < -0.3 is 15.8 Å². The average molecular weight is 330 g/mol. The molecule has 122 valence electrons. The standard InChI is InChI=1S/C18H22N2O2S/c1-3-22-13-7-5-12(6-8-13)20-18(21)16-14-9-4-11(2)10-15(14)23-17(16)19/h5-8,11H,3-4,9-10,19H2,1-2H3,(H,20,21). The molecular weight excluding hydrogens is 308 g/mol. The van der Waals surface area contributed by atoms with Crippen LogP contribution in [0.2, 0.25) is 0 Å². The predicted octanol–water partition coefficient (Wildman–Crippen LogP) is 4.11. The van der Waals surface area contributed by atoms with Crippen LogP contribution in [0.25, 0.3) is 0 Å². The fraction of sp³-hybridized carbons (Fsp3) is 0.389. The fourth-order valence-electron chi connectivity index (χ4n) is 3.02. The van der Waals surface area contributed by atoms with E-state index in [0.29, 0.717) is 23.1 Å². The maximum absolute atomic E-state index is 12.6. The third kappa shape index (κ3) is 3.34. The second-order valence-electron chi connectivity index (χ2n) is 6.00. The van der Waals surface area contributed by atoms with Crippen LogP contribution in [0.4, 0.5) is 10.7 Å². The summed E-state index contributed by atoms with van der Waals surface area (Å²) in [5.74, 6) is 1.35. The summed E-state index contributed by atoms with van der Waals surface area (Å²) in [5.41, 5.74) is 8.69. The maximum atomic E-state index is 12.6. The second-order valence-corrected chi connectivity index (χ2v) is 7.14. The summed E-state index contributed by atoms with van der Waals surface area (Å²) in [4.78, 5) is 13.9. The number of hydrogen-bond acceptors (Lipinski definition) is 4. The average Bonchev–Trinajstić information content (AvgIpc) is 2.84. The molecule has 1 aliphatic carbocycles. The van der Waals surface area contributed by atoms with E-state index < -0.39 is 0 Å². The maximum Gasteiger partial charge on any atom is 0.258 e. The van der Waals surface area contributed by atoms with Crippen molar-refractivity contribution < 1.29 is 9.53 Å². The minimum absolute atomic E-state index is 0.112. The van der Waals surface area contributed by atoms with Crippen molar-refractivity contribution in [2.75, 3.05) is 17.7 Å². The van der Waals surface area contributed by atoms with E-state index in [1.807, 2.05) is 31.2 Å². The van der Waals surface area contributed by atoms with Crippen LogP contribution >= 0.6 is 11.3 Å². The van der Waals surface area contributed by atoms with Gasteiger partial charge in [0.25, 0.3) is 5.91 Å². The summed E-state index contributed by atoms with van der Waals surface area (Å²) < 4.78 is 5.41. The molecule has 1 heterocycles. The first-order valence-corrected chi connectivity index (χ1v) is 8.84. The summed E-state index contributed by atoms with van der Waals surface area (Å²) in [7, 11) is 0. The molecule has 0 fully saturated rings. The Morgan fingerprint density at radius 3 is 2.83 bits per heavy atom. The van der Waals surface area contributed by atoms with E-state index in [4.69, 9.17) is 10.5 Å². The highest BCUT2D eigenvalue weighted by Gasteiger charge is 2.26. The Morgan fingerprint density at radius 2 is 2.13 bits per heavy atom. The third-order valence-electron chi connectivity index (χ3n) is 4.19. The van der Waals surface area contributed by atoms with Gasteiger partial charge >= 0.3 is 0 Å². The molecule has 0 radical (unpaired) electrons. The number of ether oxygens (including phenoxy) is 1. The number of carbonyl (C=O) groups is 1. The molecule has 0 bridgehead atoms. The Labute approximate surface area is 140 Å². The van der Waals surface area contributed by atoms with Crippen LogP contribution in [-0.2, 0) is 12.8 Å². The number of nitrogens with one attached hydrogen (secondary N) is 1. The van der Waals surface area contributed by atoms with Crippen LogP contribution in [0.3, 0.4) is 0 Å². The van der Waals surface area contributed by atoms with Gasteiger partial charge in [-0.05, 0) is 61.9 Å². The van der Waals surface area contributed by atoms with E-state index in [-0.39, 0.29) is 5.91 Å². The Kier molecular flexibility index (Phi) is 4.57. The number of nitrogens with two attached hydrogens (primary N) is 1. The molecule has 3 N–H and O–H groups in total. The van der Waals surface area contributed by atoms with Crippen molar-refractivity contribution in [3.63, 3.8) is 0 Å². The zero-order valence-corrected chi connectivity index (χ0v) is 14.3. The first-order valence-electron chi connectivity index (χ1n) is 8.02. The number of anilines is 2. The molecule has 1 aromatic carbocycles. The summed E-state index contributed by atoms with van der Waals surface area (Å²) in [6, 6.07) is 7.40. The number of nitrogen functional groups attached to an aromatic ring is 1. The molecule has 0 saturated heterocycles. The number of benzene rings is 1. The Bertz CT molecular complexity index is 707. The highest BCUT2D eigenvalue weighted by Crippen LogP contribution is 2.38. The summed E-state index contributed by atoms with van der Waals surface area (Å²) in [6.45, 7) is 4.82. The van der Waals surface area contributed by atoms with Crippen LogP contribution in [0, 0.1) is 5.92 Å². The quantitative estimate of drug-likeness (QED) is 0.887. The highest BCUT2D eigenvalue weighted by atomic mass is 32.1. The number of thiophene rings is 1. The Hall–Kier alpha value is -2.01. The lowest BCUT2D eigenvalue weighted by atomic mass is 9.88. The number of fused-ring (bicyclic) bond motifs is 1. The van der Waals surface area contributed by atoms with Gasteiger partial charge in [0, 0.05) is 10.6 Å². The van der Waals surface area contributed by atoms with E-state index in [1.54, 1.807) is 11.3 Å². The summed E-state index contributed by atoms with van der Waals surface area (Å²) in [5, 5.41) is 3.58. The van der Waals surface area contributed by atoms with Gasteiger partial charge in [0.2, 0.25) is 0 Å². The minimum Gasteiger partial charge on any atom is -0.494 e. The molecular formula is C18H22N2O2S. The first kappa shape index (κ1) is 15.9. The number of rotatable bonds is 4. The van der Waals surface area contributed by atoms with Gasteiger partial charge in [-0.3, -0.25) is 4.79 Å². The van der Waals surface area contributed by atoms with E-state index in [0.717, 1.165) is 36.3 Å². The molecule has 1 amide bonds. The Balaban J connectivity index is 1.78. The topological polar surface area (TPSA) is 64.3 Å². The minimum atomic E-state index is -0.112. The normalized spacial score (nSPS) is 16.7. The zero-order valence-electron chi connectivity index (χ0n) is 13.5. The van der Waals surface area contributed by atoms with Crippen LogP contribution in [0.15, 0.2) is 24.3 Å². The van der Waals surface area contributed by atoms with Crippen molar-refractivity contribution in [3.05, 3.63) is 40.3 Å². The first-order chi connectivity index (χ1) is 11.1. The molecule has 3 rings (SSSR count). The van der Waals surface area contributed by atoms with Crippen LogP contribution < -0.4 is 15.8 Å². The van der Waals surface area contributed by atoms with Crippen molar-refractivity contribution >= 4 is 27.9 Å². The van der Waals surface area contributed by atoms with Gasteiger partial charge in [-0.2, -0.15) is 0 Å². The molecule has 4 nitrogen and oxygen atoms in total. The molecule has 2 aromatic rings. The monoisotopic (exact) mass is 330 g/mol. The molecule has 1 unspecified atom stereocenters. The van der Waals surface area contributed by atoms with Gasteiger partial charge in [0.1, 0.15) is 5.75 Å². The third-order valence-corrected chi connectivity index (χ3v) is 5.27. The van der Waals surface area contributed by atoms with E-state index >= 15 is 0 Å². The summed E-state index contributed by atoms with van der Waals surface area (Å²) in [6.07, 6.45) is 3.09. The molecule has 0 aliphatic heterocycles. The smallest absolute Gasteiger partial charge is 0.258 e. The molecule has 0 spiro atoms. The zero-order chi connectivity index (χ0) is 16.4. The lowest BCUT2D eigenvalue weighted by molar-refractivity contribution is 0.102. The summed E-state index contributed by atoms with van der Waals surface area (Å²) >= 11 is 1.57. The van der Waals surface area contributed by atoms with Gasteiger partial charge in [-0.25, -0.2) is 0 Å². The molecule has 23 heavy (non-hydrogen) atoms. The fourth-order valence-corrected chi connectivity index (χ4v) is 4.29. The molecule has 1 atom stereocenters. The Morgan fingerprint density at radius 1 is 1.39 bits per heavy atom. The van der Waals surface area contributed by atoms with E-state index in [1.165, 1.54) is 4.88 Å². The van der Waals surface area contributed by atoms with Crippen molar-refractivity contribution in [2.45, 2.75) is 33.1 Å². The van der Waals surface area contributed by atoms with Crippen LogP contribution in [0.1, 0.15) is 41.1 Å². The molecule has 1 aliphatic rings. The lowest BCUT2D eigenvalue weighted by Crippen LogP contribution is -2.17.